The Morgan fingerprint density at radius 3 is 2.29 bits per heavy atom. The van der Waals surface area contributed by atoms with Gasteiger partial charge < -0.3 is 20.1 Å². The topological polar surface area (TPSA) is 76.7 Å². The van der Waals surface area contributed by atoms with Crippen LogP contribution < -0.4 is 10.6 Å². The Kier molecular flexibility index (Phi) is 6.57. The second-order valence-electron chi connectivity index (χ2n) is 4.63. The number of amides is 1. The van der Waals surface area contributed by atoms with Gasteiger partial charge in [0.05, 0.1) is 7.11 Å². The number of methoxy groups -OCH3 is 1. The number of nitrogens with one attached hydrogen (secondary N) is 2. The number of ether oxygens (including phenoxy) is 2. The lowest BCUT2D eigenvalue weighted by Gasteiger charge is -2.20. The number of carbonyl (C=O) groups excluding carboxylic acids is 2. The van der Waals surface area contributed by atoms with E-state index >= 15 is 0 Å². The molecule has 100 valence electrons. The fourth-order valence-electron chi connectivity index (χ4n) is 1.03. The summed E-state index contributed by atoms with van der Waals surface area (Å²) in [6.07, 6.45) is -0.468. The third-order valence-electron chi connectivity index (χ3n) is 1.80. The van der Waals surface area contributed by atoms with E-state index in [-0.39, 0.29) is 12.0 Å². The number of carbonyl (C=O) groups is 2. The summed E-state index contributed by atoms with van der Waals surface area (Å²) < 4.78 is 9.59. The maximum atomic E-state index is 11.2. The van der Waals surface area contributed by atoms with Crippen LogP contribution in [0.2, 0.25) is 0 Å². The zero-order chi connectivity index (χ0) is 13.5. The molecule has 0 aliphatic carbocycles. The van der Waals surface area contributed by atoms with Crippen molar-refractivity contribution < 1.29 is 19.1 Å². The van der Waals surface area contributed by atoms with Crippen molar-refractivity contribution in [1.29, 1.82) is 0 Å². The number of hydrogen-bond acceptors (Lipinski definition) is 5. The summed E-state index contributed by atoms with van der Waals surface area (Å²) in [5, 5.41) is 5.48. The number of hydrogen-bond donors (Lipinski definition) is 2. The fourth-order valence-corrected chi connectivity index (χ4v) is 1.03. The summed E-state index contributed by atoms with van der Waals surface area (Å²) in [7, 11) is 1.33. The van der Waals surface area contributed by atoms with E-state index in [0.717, 1.165) is 0 Å². The van der Waals surface area contributed by atoms with Crippen molar-refractivity contribution in [2.45, 2.75) is 39.3 Å². The van der Waals surface area contributed by atoms with Gasteiger partial charge in [-0.15, -0.1) is 0 Å². The molecule has 0 aliphatic rings. The van der Waals surface area contributed by atoms with Gasteiger partial charge in [0, 0.05) is 13.1 Å². The van der Waals surface area contributed by atoms with Gasteiger partial charge >= 0.3 is 12.1 Å². The van der Waals surface area contributed by atoms with Gasteiger partial charge in [-0.1, -0.05) is 0 Å². The van der Waals surface area contributed by atoms with Crippen molar-refractivity contribution >= 4 is 12.1 Å². The molecule has 17 heavy (non-hydrogen) atoms. The molecule has 0 bridgehead atoms. The van der Waals surface area contributed by atoms with Crippen LogP contribution >= 0.6 is 0 Å². The molecular formula is C11H22N2O4. The lowest BCUT2D eigenvalue weighted by Crippen LogP contribution is -2.41. The van der Waals surface area contributed by atoms with Crippen LogP contribution in [0, 0.1) is 0 Å². The minimum atomic E-state index is -0.503. The molecule has 0 saturated heterocycles. The van der Waals surface area contributed by atoms with Gasteiger partial charge in [0.1, 0.15) is 11.6 Å². The SMILES string of the molecule is COC(=O)C(C)NCCNC(=O)OC(C)(C)C. The van der Waals surface area contributed by atoms with Crippen molar-refractivity contribution in [2.75, 3.05) is 20.2 Å². The van der Waals surface area contributed by atoms with Crippen LogP contribution in [0.5, 0.6) is 0 Å². The Labute approximate surface area is 102 Å². The first kappa shape index (κ1) is 15.7. The smallest absolute Gasteiger partial charge is 0.407 e. The highest BCUT2D eigenvalue weighted by molar-refractivity contribution is 5.75. The Morgan fingerprint density at radius 1 is 1.24 bits per heavy atom. The third-order valence-corrected chi connectivity index (χ3v) is 1.80. The molecule has 0 rings (SSSR count). The summed E-state index contributed by atoms with van der Waals surface area (Å²) in [5.41, 5.74) is -0.503. The lowest BCUT2D eigenvalue weighted by atomic mass is 10.2. The zero-order valence-electron chi connectivity index (χ0n) is 11.1. The first-order valence-corrected chi connectivity index (χ1v) is 5.54. The van der Waals surface area contributed by atoms with Crippen LogP contribution in [-0.2, 0) is 14.3 Å². The van der Waals surface area contributed by atoms with Crippen molar-refractivity contribution in [2.24, 2.45) is 0 Å². The predicted molar refractivity (Wildman–Crippen MR) is 63.7 cm³/mol. The van der Waals surface area contributed by atoms with E-state index in [9.17, 15) is 9.59 Å². The molecule has 0 aromatic carbocycles. The molecule has 1 atom stereocenters. The van der Waals surface area contributed by atoms with Crippen molar-refractivity contribution in [3.05, 3.63) is 0 Å². The van der Waals surface area contributed by atoms with Gasteiger partial charge in [0.25, 0.3) is 0 Å². The van der Waals surface area contributed by atoms with Gasteiger partial charge in [0.2, 0.25) is 0 Å². The van der Waals surface area contributed by atoms with Gasteiger partial charge in [0.15, 0.2) is 0 Å². The molecule has 1 unspecified atom stereocenters. The van der Waals surface area contributed by atoms with Crippen LogP contribution in [0.3, 0.4) is 0 Å². The van der Waals surface area contributed by atoms with Crippen molar-refractivity contribution in [1.82, 2.24) is 10.6 Å². The van der Waals surface area contributed by atoms with Gasteiger partial charge in [-0.3, -0.25) is 4.79 Å². The van der Waals surface area contributed by atoms with Crippen LogP contribution in [0.25, 0.3) is 0 Å². The Balaban J connectivity index is 3.65. The lowest BCUT2D eigenvalue weighted by molar-refractivity contribution is -0.142. The summed E-state index contributed by atoms with van der Waals surface area (Å²) >= 11 is 0. The Hall–Kier alpha value is -1.30. The molecule has 0 aliphatic heterocycles. The molecule has 6 nitrogen and oxygen atoms in total. The molecule has 0 fully saturated rings. The van der Waals surface area contributed by atoms with Crippen LogP contribution in [0.4, 0.5) is 4.79 Å². The average Bonchev–Trinajstić information content (AvgIpc) is 2.20. The maximum absolute atomic E-state index is 11.2. The summed E-state index contributed by atoms with van der Waals surface area (Å²) in [5.74, 6) is -0.331. The van der Waals surface area contributed by atoms with Crippen molar-refractivity contribution in [3.63, 3.8) is 0 Å². The highest BCUT2D eigenvalue weighted by atomic mass is 16.6. The van der Waals surface area contributed by atoms with Gasteiger partial charge in [-0.2, -0.15) is 0 Å². The summed E-state index contributed by atoms with van der Waals surface area (Å²) in [6, 6.07) is -0.388. The van der Waals surface area contributed by atoms with E-state index in [1.165, 1.54) is 7.11 Å². The van der Waals surface area contributed by atoms with Crippen LogP contribution in [0.15, 0.2) is 0 Å². The summed E-state index contributed by atoms with van der Waals surface area (Å²) in [6.45, 7) is 7.93. The predicted octanol–water partition coefficient (Wildman–Crippen LogP) is 0.662. The largest absolute Gasteiger partial charge is 0.468 e. The first-order chi connectivity index (χ1) is 7.76. The minimum absolute atomic E-state index is 0.331. The molecular weight excluding hydrogens is 224 g/mol. The second-order valence-corrected chi connectivity index (χ2v) is 4.63. The van der Waals surface area contributed by atoms with E-state index in [4.69, 9.17) is 4.74 Å². The Bertz CT molecular complexity index is 261. The molecule has 2 N–H and O–H groups in total. The van der Waals surface area contributed by atoms with E-state index in [0.29, 0.717) is 13.1 Å². The van der Waals surface area contributed by atoms with Gasteiger partial charge in [-0.05, 0) is 27.7 Å². The number of esters is 1. The molecule has 0 saturated carbocycles. The average molecular weight is 246 g/mol. The highest BCUT2D eigenvalue weighted by Gasteiger charge is 2.16. The zero-order valence-corrected chi connectivity index (χ0v) is 11.1. The van der Waals surface area contributed by atoms with Crippen LogP contribution in [0.1, 0.15) is 27.7 Å². The molecule has 0 heterocycles. The molecule has 0 aromatic heterocycles. The second kappa shape index (κ2) is 7.11. The third kappa shape index (κ3) is 8.50. The normalized spacial score (nSPS) is 12.8. The van der Waals surface area contributed by atoms with Crippen molar-refractivity contribution in [3.8, 4) is 0 Å². The van der Waals surface area contributed by atoms with Gasteiger partial charge in [-0.25, -0.2) is 4.79 Å². The summed E-state index contributed by atoms with van der Waals surface area (Å²) in [4.78, 5) is 22.3. The quantitative estimate of drug-likeness (QED) is 0.550. The Morgan fingerprint density at radius 2 is 1.82 bits per heavy atom. The van der Waals surface area contributed by atoms with E-state index in [2.05, 4.69) is 15.4 Å². The molecule has 0 radical (unpaired) electrons. The van der Waals surface area contributed by atoms with E-state index in [1.54, 1.807) is 27.7 Å². The number of rotatable bonds is 5. The van der Waals surface area contributed by atoms with E-state index in [1.807, 2.05) is 0 Å². The van der Waals surface area contributed by atoms with Crippen LogP contribution in [-0.4, -0.2) is 43.9 Å². The first-order valence-electron chi connectivity index (χ1n) is 5.54. The number of alkyl carbamates (subject to hydrolysis) is 1. The maximum Gasteiger partial charge on any atom is 0.407 e. The highest BCUT2D eigenvalue weighted by Crippen LogP contribution is 2.05. The minimum Gasteiger partial charge on any atom is -0.468 e. The molecule has 0 spiro atoms. The fraction of sp³-hybridized carbons (Fsp3) is 0.818. The molecule has 1 amide bonds. The monoisotopic (exact) mass is 246 g/mol. The molecule has 0 aromatic rings. The standard InChI is InChI=1S/C11H22N2O4/c1-8(9(14)16-5)12-6-7-13-10(15)17-11(2,3)4/h8,12H,6-7H2,1-5H3,(H,13,15). The molecule has 6 heteroatoms. The van der Waals surface area contributed by atoms with E-state index < -0.39 is 11.7 Å².